The lowest BCUT2D eigenvalue weighted by Gasteiger charge is -2.53. The summed E-state index contributed by atoms with van der Waals surface area (Å²) < 4.78 is 10.6. The first-order valence-corrected chi connectivity index (χ1v) is 10.2. The summed E-state index contributed by atoms with van der Waals surface area (Å²) in [5, 5.41) is 8.00. The average Bonchev–Trinajstić information content (AvgIpc) is 3.27. The summed E-state index contributed by atoms with van der Waals surface area (Å²) in [5.74, 6) is 2.23. The van der Waals surface area contributed by atoms with Gasteiger partial charge in [0.05, 0.1) is 11.7 Å². The third kappa shape index (κ3) is 3.05. The molecule has 156 valence electrons. The molecule has 2 unspecified atom stereocenters. The Hall–Kier alpha value is -3.23. The van der Waals surface area contributed by atoms with Crippen LogP contribution in [0.25, 0.3) is 11.5 Å². The van der Waals surface area contributed by atoms with Gasteiger partial charge in [0.2, 0.25) is 11.7 Å². The first-order chi connectivity index (χ1) is 14.4. The number of anilines is 1. The molecule has 0 spiro atoms. The Balaban J connectivity index is 1.39. The van der Waals surface area contributed by atoms with Gasteiger partial charge in [0, 0.05) is 43.0 Å². The van der Waals surface area contributed by atoms with Crippen molar-refractivity contribution in [3.8, 4) is 11.5 Å². The highest BCUT2D eigenvalue weighted by Gasteiger charge is 2.45. The molecule has 0 bridgehead atoms. The molecule has 0 radical (unpaired) electrons. The Labute approximate surface area is 174 Å². The van der Waals surface area contributed by atoms with Gasteiger partial charge in [-0.2, -0.15) is 0 Å². The van der Waals surface area contributed by atoms with Gasteiger partial charge in [-0.05, 0) is 40.2 Å². The highest BCUT2D eigenvalue weighted by molar-refractivity contribution is 6.00. The molecule has 30 heavy (non-hydrogen) atoms. The van der Waals surface area contributed by atoms with Gasteiger partial charge in [-0.15, -0.1) is 0 Å². The largest absolute Gasteiger partial charge is 0.361 e. The molecule has 1 amide bonds. The lowest BCUT2D eigenvalue weighted by Crippen LogP contribution is -2.65. The van der Waals surface area contributed by atoms with Crippen LogP contribution >= 0.6 is 0 Å². The number of fused-ring (bicyclic) bond motifs is 1. The molecule has 3 aromatic rings. The normalized spacial score (nSPS) is 20.8. The summed E-state index contributed by atoms with van der Waals surface area (Å²) in [6, 6.07) is 3.94. The Bertz CT molecular complexity index is 1100. The Morgan fingerprint density at radius 1 is 1.03 bits per heavy atom. The summed E-state index contributed by atoms with van der Waals surface area (Å²) in [7, 11) is 0. The topological polar surface area (TPSA) is 101 Å². The van der Waals surface area contributed by atoms with Gasteiger partial charge in [0.25, 0.3) is 5.91 Å². The molecule has 9 nitrogen and oxygen atoms in total. The molecule has 2 saturated heterocycles. The Morgan fingerprint density at radius 2 is 1.80 bits per heavy atom. The van der Waals surface area contributed by atoms with Crippen LogP contribution in [0.5, 0.6) is 0 Å². The van der Waals surface area contributed by atoms with Crippen LogP contribution in [-0.2, 0) is 0 Å². The molecular formula is C21H24N6O3. The number of rotatable bonds is 3. The predicted molar refractivity (Wildman–Crippen MR) is 108 cm³/mol. The zero-order valence-corrected chi connectivity index (χ0v) is 17.5. The van der Waals surface area contributed by atoms with E-state index in [0.717, 1.165) is 30.3 Å². The molecule has 0 saturated carbocycles. The van der Waals surface area contributed by atoms with E-state index in [-0.39, 0.29) is 11.9 Å². The average molecular weight is 408 g/mol. The summed E-state index contributed by atoms with van der Waals surface area (Å²) in [5.41, 5.74) is 3.41. The van der Waals surface area contributed by atoms with Crippen LogP contribution < -0.4 is 4.90 Å². The molecule has 2 aliphatic rings. The summed E-state index contributed by atoms with van der Waals surface area (Å²) in [4.78, 5) is 26.7. The van der Waals surface area contributed by atoms with Crippen molar-refractivity contribution in [3.63, 3.8) is 0 Å². The molecule has 2 fully saturated rings. The predicted octanol–water partition coefficient (Wildman–Crippen LogP) is 2.70. The maximum absolute atomic E-state index is 13.4. The van der Waals surface area contributed by atoms with Gasteiger partial charge in [0.1, 0.15) is 11.3 Å². The van der Waals surface area contributed by atoms with E-state index in [2.05, 4.69) is 25.2 Å². The number of carbonyl (C=O) groups excluding carboxylic acids is 1. The molecule has 2 atom stereocenters. The minimum atomic E-state index is -0.0870. The number of piperidine rings is 1. The maximum atomic E-state index is 13.4. The van der Waals surface area contributed by atoms with Crippen LogP contribution in [0.2, 0.25) is 0 Å². The van der Waals surface area contributed by atoms with E-state index in [9.17, 15) is 4.79 Å². The number of carbonyl (C=O) groups is 1. The quantitative estimate of drug-likeness (QED) is 0.652. The number of likely N-dealkylation sites (tertiary alicyclic amines) is 1. The van der Waals surface area contributed by atoms with Crippen molar-refractivity contribution < 1.29 is 13.8 Å². The van der Waals surface area contributed by atoms with E-state index in [1.807, 2.05) is 24.8 Å². The fraction of sp³-hybridized carbons (Fsp3) is 0.476. The smallest absolute Gasteiger partial charge is 0.259 e. The summed E-state index contributed by atoms with van der Waals surface area (Å²) in [6.07, 6.45) is 0.959. The fourth-order valence-corrected chi connectivity index (χ4v) is 4.47. The van der Waals surface area contributed by atoms with Crippen LogP contribution in [0.1, 0.15) is 39.6 Å². The lowest BCUT2D eigenvalue weighted by atomic mass is 9.82. The summed E-state index contributed by atoms with van der Waals surface area (Å²) in [6.45, 7) is 9.81. The molecule has 5 rings (SSSR count). The van der Waals surface area contributed by atoms with Crippen LogP contribution in [0.3, 0.4) is 0 Å². The maximum Gasteiger partial charge on any atom is 0.259 e. The third-order valence-electron chi connectivity index (χ3n) is 6.00. The number of hydrogen-bond acceptors (Lipinski definition) is 8. The first-order valence-electron chi connectivity index (χ1n) is 10.2. The Morgan fingerprint density at radius 3 is 2.50 bits per heavy atom. The van der Waals surface area contributed by atoms with Crippen molar-refractivity contribution in [2.45, 2.75) is 40.2 Å². The number of nitrogens with zero attached hydrogens (tertiary/aromatic N) is 6. The molecule has 0 aromatic carbocycles. The molecule has 9 heteroatoms. The fourth-order valence-electron chi connectivity index (χ4n) is 4.47. The van der Waals surface area contributed by atoms with E-state index < -0.39 is 0 Å². The first kappa shape index (κ1) is 18.8. The van der Waals surface area contributed by atoms with Crippen LogP contribution in [0.15, 0.2) is 21.2 Å². The number of aryl methyl sites for hydroxylation is 4. The van der Waals surface area contributed by atoms with Crippen molar-refractivity contribution in [1.29, 1.82) is 0 Å². The molecule has 3 aromatic heterocycles. The number of hydrogen-bond donors (Lipinski definition) is 0. The lowest BCUT2D eigenvalue weighted by molar-refractivity contribution is 0.0589. The molecule has 5 heterocycles. The van der Waals surface area contributed by atoms with E-state index in [1.54, 1.807) is 19.9 Å². The van der Waals surface area contributed by atoms with Crippen LogP contribution in [-0.4, -0.2) is 56.8 Å². The van der Waals surface area contributed by atoms with Crippen molar-refractivity contribution in [2.75, 3.05) is 24.5 Å². The molecular weight excluding hydrogens is 384 g/mol. The molecule has 2 aliphatic heterocycles. The second-order valence-corrected chi connectivity index (χ2v) is 8.27. The van der Waals surface area contributed by atoms with Gasteiger partial charge >= 0.3 is 0 Å². The van der Waals surface area contributed by atoms with E-state index >= 15 is 0 Å². The minimum Gasteiger partial charge on any atom is -0.361 e. The SMILES string of the molecule is Cc1cc(C)nc(N2CC3CCN(C(=O)c4c(C)noc4-c4cc(C)on4)CC32)n1. The Kier molecular flexibility index (Phi) is 4.34. The van der Waals surface area contributed by atoms with Gasteiger partial charge in [0.15, 0.2) is 5.69 Å². The second-order valence-electron chi connectivity index (χ2n) is 8.27. The van der Waals surface area contributed by atoms with E-state index in [0.29, 0.717) is 47.5 Å². The highest BCUT2D eigenvalue weighted by Crippen LogP contribution is 2.36. The number of aromatic nitrogens is 4. The highest BCUT2D eigenvalue weighted by atomic mass is 16.5. The zero-order chi connectivity index (χ0) is 21.0. The summed E-state index contributed by atoms with van der Waals surface area (Å²) >= 11 is 0. The van der Waals surface area contributed by atoms with Gasteiger partial charge in [-0.3, -0.25) is 4.79 Å². The van der Waals surface area contributed by atoms with Crippen molar-refractivity contribution in [3.05, 3.63) is 40.5 Å². The zero-order valence-electron chi connectivity index (χ0n) is 17.5. The second kappa shape index (κ2) is 6.93. The standard InChI is InChI=1S/C21H24N6O3/c1-11-7-12(2)23-21(22-11)27-9-15-5-6-26(10-17(15)27)20(28)18-14(4)24-30-19(18)16-8-13(3)29-25-16/h7-8,15,17H,5-6,9-10H2,1-4H3. The molecule has 0 aliphatic carbocycles. The van der Waals surface area contributed by atoms with Crippen molar-refractivity contribution in [2.24, 2.45) is 5.92 Å². The van der Waals surface area contributed by atoms with Gasteiger partial charge < -0.3 is 18.8 Å². The van der Waals surface area contributed by atoms with E-state index in [4.69, 9.17) is 9.05 Å². The van der Waals surface area contributed by atoms with Gasteiger partial charge in [-0.1, -0.05) is 10.3 Å². The monoisotopic (exact) mass is 408 g/mol. The van der Waals surface area contributed by atoms with Crippen molar-refractivity contribution in [1.82, 2.24) is 25.2 Å². The van der Waals surface area contributed by atoms with Crippen LogP contribution in [0, 0.1) is 33.6 Å². The molecule has 0 N–H and O–H groups in total. The number of amides is 1. The third-order valence-corrected chi connectivity index (χ3v) is 6.00. The van der Waals surface area contributed by atoms with Crippen molar-refractivity contribution >= 4 is 11.9 Å². The van der Waals surface area contributed by atoms with E-state index in [1.165, 1.54) is 0 Å². The van der Waals surface area contributed by atoms with Gasteiger partial charge in [-0.25, -0.2) is 9.97 Å². The van der Waals surface area contributed by atoms with Crippen LogP contribution in [0.4, 0.5) is 5.95 Å². The minimum absolute atomic E-state index is 0.0870.